The van der Waals surface area contributed by atoms with E-state index in [1.807, 2.05) is 25.1 Å². The summed E-state index contributed by atoms with van der Waals surface area (Å²) >= 11 is 6.19. The normalized spacial score (nSPS) is 15.9. The van der Waals surface area contributed by atoms with Crippen molar-refractivity contribution in [1.29, 1.82) is 0 Å². The van der Waals surface area contributed by atoms with Gasteiger partial charge in [-0.05, 0) is 25.1 Å². The minimum atomic E-state index is -0.278. The summed E-state index contributed by atoms with van der Waals surface area (Å²) in [5.74, 6) is 0.697. The first kappa shape index (κ1) is 19.8. The van der Waals surface area contributed by atoms with Gasteiger partial charge in [-0.2, -0.15) is 0 Å². The number of amides is 2. The highest BCUT2D eigenvalue weighted by Crippen LogP contribution is 2.36. The Morgan fingerprint density at radius 2 is 1.96 bits per heavy atom. The molecule has 0 aliphatic carbocycles. The van der Waals surface area contributed by atoms with Gasteiger partial charge in [0.2, 0.25) is 11.8 Å². The number of anilines is 3. The molecule has 1 heterocycles. The Morgan fingerprint density at radius 3 is 2.68 bits per heavy atom. The lowest BCUT2D eigenvalue weighted by molar-refractivity contribution is -0.118. The molecule has 0 saturated carbocycles. The van der Waals surface area contributed by atoms with E-state index in [-0.39, 0.29) is 30.8 Å². The molecule has 0 fully saturated rings. The van der Waals surface area contributed by atoms with E-state index >= 15 is 0 Å². The summed E-state index contributed by atoms with van der Waals surface area (Å²) in [6, 6.07) is 10.3. The summed E-state index contributed by atoms with van der Waals surface area (Å²) in [5, 5.41) is 6.32. The molecule has 7 nitrogen and oxygen atoms in total. The molecule has 2 N–H and O–H groups in total. The fraction of sp³-hybridized carbons (Fsp3) is 0.300. The second-order valence-corrected chi connectivity index (χ2v) is 6.83. The molecular weight excluding hydrogens is 382 g/mol. The Bertz CT molecular complexity index is 903. The fourth-order valence-electron chi connectivity index (χ4n) is 3.22. The number of benzene rings is 2. The molecule has 1 aliphatic rings. The van der Waals surface area contributed by atoms with E-state index in [2.05, 4.69) is 10.6 Å². The number of fused-ring (bicyclic) bond motifs is 1. The Hall–Kier alpha value is -2.93. The van der Waals surface area contributed by atoms with Gasteiger partial charge in [-0.25, -0.2) is 0 Å². The maximum atomic E-state index is 13.0. The average Bonchev–Trinajstić information content (AvgIpc) is 2.80. The third-order valence-electron chi connectivity index (χ3n) is 4.53. The minimum absolute atomic E-state index is 0.00584. The molecule has 0 bridgehead atoms. The van der Waals surface area contributed by atoms with E-state index in [9.17, 15) is 9.59 Å². The molecule has 0 aromatic heterocycles. The Kier molecular flexibility index (Phi) is 5.94. The Labute approximate surface area is 168 Å². The Balaban J connectivity index is 1.83. The van der Waals surface area contributed by atoms with Crippen molar-refractivity contribution in [3.8, 4) is 11.5 Å². The van der Waals surface area contributed by atoms with Crippen LogP contribution in [0.5, 0.6) is 11.5 Å². The molecule has 0 unspecified atom stereocenters. The number of ether oxygens (including phenoxy) is 2. The average molecular weight is 404 g/mol. The summed E-state index contributed by atoms with van der Waals surface area (Å²) in [4.78, 5) is 26.8. The van der Waals surface area contributed by atoms with Gasteiger partial charge in [0.05, 0.1) is 42.8 Å². The van der Waals surface area contributed by atoms with Gasteiger partial charge in [-0.15, -0.1) is 0 Å². The van der Waals surface area contributed by atoms with E-state index in [1.165, 1.54) is 14.2 Å². The number of halogens is 1. The van der Waals surface area contributed by atoms with Crippen LogP contribution in [-0.2, 0) is 9.59 Å². The summed E-state index contributed by atoms with van der Waals surface area (Å²) < 4.78 is 10.5. The maximum absolute atomic E-state index is 13.0. The topological polar surface area (TPSA) is 79.9 Å². The van der Waals surface area contributed by atoms with Gasteiger partial charge in [0.15, 0.2) is 0 Å². The number of hydrogen-bond donors (Lipinski definition) is 2. The van der Waals surface area contributed by atoms with E-state index in [0.717, 1.165) is 0 Å². The summed E-state index contributed by atoms with van der Waals surface area (Å²) in [7, 11) is 3.05. The lowest BCUT2D eigenvalue weighted by Gasteiger charge is -2.28. The zero-order valence-electron chi connectivity index (χ0n) is 15.9. The standard InChI is InChI=1S/C20H22ClN3O4/c1-12-8-19(25)23-14-6-4-5-7-16(14)24(12)20(26)11-22-15-9-13(21)17(27-2)10-18(15)28-3/h4-7,9-10,12,22H,8,11H2,1-3H3,(H,23,25)/t12-/m0/s1. The molecule has 1 atom stereocenters. The lowest BCUT2D eigenvalue weighted by atomic mass is 10.1. The van der Waals surface area contributed by atoms with Crippen molar-refractivity contribution in [2.45, 2.75) is 19.4 Å². The number of carbonyl (C=O) groups is 2. The number of nitrogens with one attached hydrogen (secondary N) is 2. The van der Waals surface area contributed by atoms with E-state index < -0.39 is 0 Å². The number of rotatable bonds is 5. The molecule has 8 heteroatoms. The summed E-state index contributed by atoms with van der Waals surface area (Å²) in [6.07, 6.45) is 0.220. The van der Waals surface area contributed by atoms with E-state index in [0.29, 0.717) is 33.6 Å². The highest BCUT2D eigenvalue weighted by Gasteiger charge is 2.29. The first-order valence-electron chi connectivity index (χ1n) is 8.81. The molecule has 2 aromatic rings. The van der Waals surface area contributed by atoms with Crippen molar-refractivity contribution >= 4 is 40.5 Å². The third-order valence-corrected chi connectivity index (χ3v) is 4.83. The molecule has 0 spiro atoms. The summed E-state index contributed by atoms with van der Waals surface area (Å²) in [5.41, 5.74) is 1.87. The number of nitrogens with zero attached hydrogens (tertiary/aromatic N) is 1. The zero-order chi connectivity index (χ0) is 20.3. The molecule has 0 saturated heterocycles. The SMILES string of the molecule is COc1cc(OC)c(NCC(=O)N2c3ccccc3NC(=O)C[C@@H]2C)cc1Cl. The van der Waals surface area contributed by atoms with Gasteiger partial charge >= 0.3 is 0 Å². The number of para-hydroxylation sites is 2. The van der Waals surface area contributed by atoms with Crippen LogP contribution in [0, 0.1) is 0 Å². The van der Waals surface area contributed by atoms with Gasteiger partial charge in [0.1, 0.15) is 11.5 Å². The highest BCUT2D eigenvalue weighted by molar-refractivity contribution is 6.32. The quantitative estimate of drug-likeness (QED) is 0.798. The largest absolute Gasteiger partial charge is 0.495 e. The summed E-state index contributed by atoms with van der Waals surface area (Å²) in [6.45, 7) is 1.86. The van der Waals surface area contributed by atoms with Gasteiger partial charge in [0, 0.05) is 18.5 Å². The predicted octanol–water partition coefficient (Wildman–Crippen LogP) is 3.53. The van der Waals surface area contributed by atoms with Crippen molar-refractivity contribution in [1.82, 2.24) is 0 Å². The molecule has 28 heavy (non-hydrogen) atoms. The van der Waals surface area contributed by atoms with Crippen LogP contribution in [0.25, 0.3) is 0 Å². The fourth-order valence-corrected chi connectivity index (χ4v) is 3.46. The molecule has 148 valence electrons. The lowest BCUT2D eigenvalue weighted by Crippen LogP contribution is -2.42. The van der Waals surface area contributed by atoms with Crippen molar-refractivity contribution < 1.29 is 19.1 Å². The molecule has 2 aromatic carbocycles. The van der Waals surface area contributed by atoms with Gasteiger partial charge in [0.25, 0.3) is 0 Å². The van der Waals surface area contributed by atoms with Crippen LogP contribution < -0.4 is 25.0 Å². The van der Waals surface area contributed by atoms with Crippen LogP contribution in [0.3, 0.4) is 0 Å². The van der Waals surface area contributed by atoms with Crippen molar-refractivity contribution in [3.05, 3.63) is 41.4 Å². The number of hydrogen-bond acceptors (Lipinski definition) is 5. The first-order chi connectivity index (χ1) is 13.4. The van der Waals surface area contributed by atoms with Crippen LogP contribution in [0.1, 0.15) is 13.3 Å². The van der Waals surface area contributed by atoms with Crippen molar-refractivity contribution in [2.75, 3.05) is 36.3 Å². The first-order valence-corrected chi connectivity index (χ1v) is 9.18. The maximum Gasteiger partial charge on any atom is 0.246 e. The van der Waals surface area contributed by atoms with Crippen LogP contribution in [0.4, 0.5) is 17.1 Å². The highest BCUT2D eigenvalue weighted by atomic mass is 35.5. The van der Waals surface area contributed by atoms with Crippen LogP contribution in [0.2, 0.25) is 5.02 Å². The van der Waals surface area contributed by atoms with Gasteiger partial charge < -0.3 is 25.0 Å². The number of carbonyl (C=O) groups excluding carboxylic acids is 2. The third kappa shape index (κ3) is 3.99. The second kappa shape index (κ2) is 8.39. The molecule has 2 amide bonds. The number of methoxy groups -OCH3 is 2. The van der Waals surface area contributed by atoms with Gasteiger partial charge in [-0.1, -0.05) is 23.7 Å². The predicted molar refractivity (Wildman–Crippen MR) is 110 cm³/mol. The molecule has 1 aliphatic heterocycles. The van der Waals surface area contributed by atoms with Gasteiger partial charge in [-0.3, -0.25) is 9.59 Å². The smallest absolute Gasteiger partial charge is 0.246 e. The molecule has 0 radical (unpaired) electrons. The van der Waals surface area contributed by atoms with Crippen molar-refractivity contribution in [2.24, 2.45) is 0 Å². The van der Waals surface area contributed by atoms with E-state index in [1.54, 1.807) is 23.1 Å². The van der Waals surface area contributed by atoms with Crippen LogP contribution in [0.15, 0.2) is 36.4 Å². The monoisotopic (exact) mass is 403 g/mol. The Morgan fingerprint density at radius 1 is 1.25 bits per heavy atom. The molecular formula is C20H22ClN3O4. The zero-order valence-corrected chi connectivity index (χ0v) is 16.7. The molecule has 3 rings (SSSR count). The van der Waals surface area contributed by atoms with Crippen LogP contribution in [-0.4, -0.2) is 38.6 Å². The van der Waals surface area contributed by atoms with Crippen molar-refractivity contribution in [3.63, 3.8) is 0 Å². The van der Waals surface area contributed by atoms with Crippen LogP contribution >= 0.6 is 11.6 Å². The minimum Gasteiger partial charge on any atom is -0.495 e. The second-order valence-electron chi connectivity index (χ2n) is 6.42. The van der Waals surface area contributed by atoms with E-state index in [4.69, 9.17) is 21.1 Å².